The first-order valence-corrected chi connectivity index (χ1v) is 7.43. The van der Waals surface area contributed by atoms with E-state index in [4.69, 9.17) is 5.73 Å². The van der Waals surface area contributed by atoms with Gasteiger partial charge in [0.15, 0.2) is 0 Å². The van der Waals surface area contributed by atoms with Crippen molar-refractivity contribution in [3.63, 3.8) is 0 Å². The molecule has 0 aliphatic carbocycles. The predicted octanol–water partition coefficient (Wildman–Crippen LogP) is -0.490. The largest absolute Gasteiger partial charge is 0.395 e. The molecule has 1 aliphatic rings. The molecule has 1 fully saturated rings. The van der Waals surface area contributed by atoms with Gasteiger partial charge in [0.25, 0.3) is 0 Å². The maximum atomic E-state index is 9.60. The number of nitrogens with two attached hydrogens (primary N) is 1. The normalized spacial score (nSPS) is 22.1. The summed E-state index contributed by atoms with van der Waals surface area (Å²) in [4.78, 5) is 7.07. The van der Waals surface area contributed by atoms with Crippen LogP contribution in [0.5, 0.6) is 0 Å². The monoisotopic (exact) mass is 272 g/mol. The molecule has 5 heteroatoms. The number of hydrogen-bond donors (Lipinski definition) is 2. The number of aliphatic hydroxyl groups excluding tert-OH is 1. The molecule has 0 amide bonds. The summed E-state index contributed by atoms with van der Waals surface area (Å²) in [5, 5.41) is 9.60. The van der Waals surface area contributed by atoms with E-state index in [1.165, 1.54) is 0 Å². The molecule has 0 radical (unpaired) electrons. The number of piperazine rings is 1. The fourth-order valence-corrected chi connectivity index (χ4v) is 2.58. The molecule has 2 unspecified atom stereocenters. The first-order valence-electron chi connectivity index (χ1n) is 7.43. The zero-order valence-corrected chi connectivity index (χ0v) is 13.0. The van der Waals surface area contributed by atoms with Crippen molar-refractivity contribution in [2.45, 2.75) is 25.9 Å². The van der Waals surface area contributed by atoms with Crippen LogP contribution in [-0.2, 0) is 0 Å². The quantitative estimate of drug-likeness (QED) is 0.655. The average molecular weight is 272 g/mol. The molecule has 1 rings (SSSR count). The van der Waals surface area contributed by atoms with Gasteiger partial charge >= 0.3 is 0 Å². The minimum Gasteiger partial charge on any atom is -0.395 e. The molecule has 19 heavy (non-hydrogen) atoms. The van der Waals surface area contributed by atoms with Crippen molar-refractivity contribution >= 4 is 0 Å². The number of hydrogen-bond acceptors (Lipinski definition) is 5. The first kappa shape index (κ1) is 16.9. The highest BCUT2D eigenvalue weighted by atomic mass is 16.3. The molecule has 0 aromatic rings. The molecule has 1 saturated heterocycles. The highest BCUT2D eigenvalue weighted by Crippen LogP contribution is 2.13. The summed E-state index contributed by atoms with van der Waals surface area (Å²) in [5.41, 5.74) is 6.21. The van der Waals surface area contributed by atoms with E-state index >= 15 is 0 Å². The molecule has 114 valence electrons. The van der Waals surface area contributed by atoms with Crippen molar-refractivity contribution in [3.8, 4) is 0 Å². The molecule has 0 bridgehead atoms. The highest BCUT2D eigenvalue weighted by Gasteiger charge is 2.28. The Kier molecular flexibility index (Phi) is 7.25. The zero-order valence-electron chi connectivity index (χ0n) is 13.0. The lowest BCUT2D eigenvalue weighted by Crippen LogP contribution is -2.58. The number of rotatable bonds is 7. The Labute approximate surface area is 118 Å². The van der Waals surface area contributed by atoms with Crippen molar-refractivity contribution in [2.24, 2.45) is 11.7 Å². The van der Waals surface area contributed by atoms with Gasteiger partial charge in [-0.2, -0.15) is 0 Å². The molecule has 5 nitrogen and oxygen atoms in total. The Balaban J connectivity index is 2.39. The van der Waals surface area contributed by atoms with Crippen molar-refractivity contribution in [2.75, 3.05) is 60.0 Å². The van der Waals surface area contributed by atoms with Gasteiger partial charge in [0.05, 0.1) is 6.61 Å². The Morgan fingerprint density at radius 2 is 1.74 bits per heavy atom. The molecule has 0 aromatic carbocycles. The van der Waals surface area contributed by atoms with Crippen LogP contribution in [-0.4, -0.2) is 91.9 Å². The maximum Gasteiger partial charge on any atom is 0.0602 e. The van der Waals surface area contributed by atoms with E-state index < -0.39 is 0 Å². The molecule has 3 N–H and O–H groups in total. The fraction of sp³-hybridized carbons (Fsp3) is 1.00. The van der Waals surface area contributed by atoms with Gasteiger partial charge in [0.1, 0.15) is 0 Å². The van der Waals surface area contributed by atoms with Crippen LogP contribution in [0.1, 0.15) is 13.8 Å². The van der Waals surface area contributed by atoms with Crippen LogP contribution in [0.15, 0.2) is 0 Å². The van der Waals surface area contributed by atoms with Gasteiger partial charge in [0.2, 0.25) is 0 Å². The lowest BCUT2D eigenvalue weighted by atomic mass is 9.96. The fourth-order valence-electron chi connectivity index (χ4n) is 2.58. The second-order valence-corrected chi connectivity index (χ2v) is 6.25. The van der Waals surface area contributed by atoms with Crippen molar-refractivity contribution in [3.05, 3.63) is 0 Å². The first-order chi connectivity index (χ1) is 8.95. The predicted molar refractivity (Wildman–Crippen MR) is 80.3 cm³/mol. The third kappa shape index (κ3) is 5.36. The Hall–Kier alpha value is -0.200. The highest BCUT2D eigenvalue weighted by molar-refractivity contribution is 4.86. The van der Waals surface area contributed by atoms with Crippen LogP contribution >= 0.6 is 0 Å². The molecule has 1 heterocycles. The average Bonchev–Trinajstić information content (AvgIpc) is 2.38. The van der Waals surface area contributed by atoms with Crippen LogP contribution in [0.3, 0.4) is 0 Å². The summed E-state index contributed by atoms with van der Waals surface area (Å²) >= 11 is 0. The van der Waals surface area contributed by atoms with Gasteiger partial charge in [-0.3, -0.25) is 9.80 Å². The lowest BCUT2D eigenvalue weighted by Gasteiger charge is -2.41. The van der Waals surface area contributed by atoms with Crippen LogP contribution in [0.25, 0.3) is 0 Å². The van der Waals surface area contributed by atoms with E-state index in [-0.39, 0.29) is 18.7 Å². The third-order valence-corrected chi connectivity index (χ3v) is 4.14. The second-order valence-electron chi connectivity index (χ2n) is 6.25. The van der Waals surface area contributed by atoms with Crippen molar-refractivity contribution in [1.29, 1.82) is 0 Å². The molecular weight excluding hydrogens is 240 g/mol. The summed E-state index contributed by atoms with van der Waals surface area (Å²) in [6, 6.07) is 0.161. The van der Waals surface area contributed by atoms with E-state index in [0.717, 1.165) is 39.3 Å². The number of likely N-dealkylation sites (N-methyl/N-ethyl adjacent to an activating group) is 1. The summed E-state index contributed by atoms with van der Waals surface area (Å²) in [5.74, 6) is 0.406. The number of nitrogens with zero attached hydrogens (tertiary/aromatic N) is 3. The van der Waals surface area contributed by atoms with Gasteiger partial charge in [-0.25, -0.2) is 0 Å². The van der Waals surface area contributed by atoms with Gasteiger partial charge in [0, 0.05) is 51.4 Å². The Bertz CT molecular complexity index is 240. The van der Waals surface area contributed by atoms with E-state index in [9.17, 15) is 5.11 Å². The molecule has 0 spiro atoms. The van der Waals surface area contributed by atoms with E-state index in [1.54, 1.807) is 0 Å². The lowest BCUT2D eigenvalue weighted by molar-refractivity contribution is 0.0441. The van der Waals surface area contributed by atoms with Gasteiger partial charge < -0.3 is 15.7 Å². The van der Waals surface area contributed by atoms with E-state index in [2.05, 4.69) is 42.6 Å². The van der Waals surface area contributed by atoms with Gasteiger partial charge in [-0.05, 0) is 20.0 Å². The second kappa shape index (κ2) is 8.17. The van der Waals surface area contributed by atoms with E-state index in [0.29, 0.717) is 5.92 Å². The van der Waals surface area contributed by atoms with E-state index in [1.807, 2.05) is 0 Å². The minimum absolute atomic E-state index is 0.0540. The van der Waals surface area contributed by atoms with Crippen LogP contribution in [0.2, 0.25) is 0 Å². The third-order valence-electron chi connectivity index (χ3n) is 4.14. The molecule has 1 aliphatic heterocycles. The summed E-state index contributed by atoms with van der Waals surface area (Å²) in [7, 11) is 4.22. The van der Waals surface area contributed by atoms with Crippen molar-refractivity contribution in [1.82, 2.24) is 14.7 Å². The Morgan fingerprint density at radius 3 is 2.16 bits per heavy atom. The minimum atomic E-state index is 0.0540. The summed E-state index contributed by atoms with van der Waals surface area (Å²) in [6.07, 6.45) is 0. The van der Waals surface area contributed by atoms with Crippen LogP contribution in [0, 0.1) is 5.92 Å². The van der Waals surface area contributed by atoms with Gasteiger partial charge in [-0.1, -0.05) is 13.8 Å². The molecule has 0 saturated carbocycles. The van der Waals surface area contributed by atoms with Crippen LogP contribution in [0.4, 0.5) is 0 Å². The Morgan fingerprint density at radius 1 is 1.16 bits per heavy atom. The molecular formula is C14H32N4O. The van der Waals surface area contributed by atoms with Crippen LogP contribution < -0.4 is 5.73 Å². The standard InChI is InChI=1S/C14H32N4O/c1-12(2)14(15)13(11-19)18-9-7-17(8-10-18)6-5-16(3)4/h12-14,19H,5-11,15H2,1-4H3. The SMILES string of the molecule is CC(C)C(N)C(CO)N1CCN(CCN(C)C)CC1. The molecule has 0 aromatic heterocycles. The van der Waals surface area contributed by atoms with Gasteiger partial charge in [-0.15, -0.1) is 0 Å². The topological polar surface area (TPSA) is 56.0 Å². The van der Waals surface area contributed by atoms with Crippen molar-refractivity contribution < 1.29 is 5.11 Å². The smallest absolute Gasteiger partial charge is 0.0602 e. The number of aliphatic hydroxyl groups is 1. The summed E-state index contributed by atoms with van der Waals surface area (Å²) < 4.78 is 0. The molecule has 2 atom stereocenters. The maximum absolute atomic E-state index is 9.60. The summed E-state index contributed by atoms with van der Waals surface area (Å²) in [6.45, 7) is 10.8. The zero-order chi connectivity index (χ0) is 14.4.